The second kappa shape index (κ2) is 8.09. The van der Waals surface area contributed by atoms with Crippen LogP contribution in [0.5, 0.6) is 0 Å². The summed E-state index contributed by atoms with van der Waals surface area (Å²) in [5.41, 5.74) is -0.414. The molecule has 1 fully saturated rings. The maximum absolute atomic E-state index is 12.5. The van der Waals surface area contributed by atoms with E-state index < -0.39 is 5.69 Å². The van der Waals surface area contributed by atoms with Crippen LogP contribution in [0.3, 0.4) is 0 Å². The molecule has 134 valence electrons. The molecule has 1 aliphatic heterocycles. The van der Waals surface area contributed by atoms with E-state index in [2.05, 4.69) is 15.4 Å². The van der Waals surface area contributed by atoms with E-state index >= 15 is 0 Å². The van der Waals surface area contributed by atoms with E-state index in [1.54, 1.807) is 4.90 Å². The van der Waals surface area contributed by atoms with Gasteiger partial charge in [0.25, 0.3) is 5.91 Å². The third kappa shape index (κ3) is 4.44. The summed E-state index contributed by atoms with van der Waals surface area (Å²) in [4.78, 5) is 39.8. The monoisotopic (exact) mass is 339 g/mol. The summed E-state index contributed by atoms with van der Waals surface area (Å²) in [6.07, 6.45) is 1.69. The minimum atomic E-state index is -0.414. The first kappa shape index (κ1) is 18.2. The fraction of sp³-hybridized carbons (Fsp3) is 0.733. The van der Waals surface area contributed by atoms with Gasteiger partial charge in [-0.2, -0.15) is 0 Å². The molecule has 1 aromatic rings. The predicted octanol–water partition coefficient (Wildman–Crippen LogP) is -0.356. The number of aromatic amines is 1. The summed E-state index contributed by atoms with van der Waals surface area (Å²) >= 11 is 0. The van der Waals surface area contributed by atoms with E-state index in [1.807, 2.05) is 13.8 Å². The first-order chi connectivity index (χ1) is 11.4. The Morgan fingerprint density at radius 1 is 1.46 bits per heavy atom. The van der Waals surface area contributed by atoms with Crippen LogP contribution in [0.2, 0.25) is 0 Å². The molecule has 0 saturated carbocycles. The van der Waals surface area contributed by atoms with Gasteiger partial charge >= 0.3 is 5.69 Å². The van der Waals surface area contributed by atoms with Crippen molar-refractivity contribution in [2.75, 3.05) is 19.8 Å². The highest BCUT2D eigenvalue weighted by atomic mass is 16.5. The molecule has 2 heterocycles. The second-order valence-electron chi connectivity index (χ2n) is 5.99. The second-order valence-corrected chi connectivity index (χ2v) is 5.99. The minimum absolute atomic E-state index is 0.0329. The molecule has 9 nitrogen and oxygen atoms in total. The zero-order chi connectivity index (χ0) is 17.7. The smallest absolute Gasteiger partial charge is 0.343 e. The summed E-state index contributed by atoms with van der Waals surface area (Å²) < 4.78 is 6.27. The zero-order valence-corrected chi connectivity index (χ0v) is 14.4. The van der Waals surface area contributed by atoms with Crippen molar-refractivity contribution in [3.05, 3.63) is 16.3 Å². The Hall–Kier alpha value is -2.16. The van der Waals surface area contributed by atoms with Crippen LogP contribution in [0.4, 0.5) is 0 Å². The summed E-state index contributed by atoms with van der Waals surface area (Å²) in [7, 11) is 1.49. The molecular formula is C15H25N5O4. The number of aromatic nitrogens is 3. The number of carbonyl (C=O) groups excluding carboxylic acids is 2. The Labute approximate surface area is 140 Å². The van der Waals surface area contributed by atoms with Crippen molar-refractivity contribution in [2.24, 2.45) is 7.05 Å². The Bertz CT molecular complexity index is 638. The van der Waals surface area contributed by atoms with Crippen molar-refractivity contribution in [2.45, 2.75) is 45.2 Å². The lowest BCUT2D eigenvalue weighted by atomic mass is 9.98. The minimum Gasteiger partial charge on any atom is -0.381 e. The normalized spacial score (nSPS) is 20.9. The molecule has 9 heteroatoms. The van der Waals surface area contributed by atoms with Gasteiger partial charge in [0.2, 0.25) is 11.7 Å². The average molecular weight is 339 g/mol. The van der Waals surface area contributed by atoms with Crippen molar-refractivity contribution in [3.63, 3.8) is 0 Å². The van der Waals surface area contributed by atoms with Crippen LogP contribution in [0.1, 0.15) is 43.7 Å². The third-order valence-corrected chi connectivity index (χ3v) is 4.15. The van der Waals surface area contributed by atoms with E-state index in [4.69, 9.17) is 4.74 Å². The number of hydrogen-bond donors (Lipinski definition) is 2. The summed E-state index contributed by atoms with van der Waals surface area (Å²) in [5.74, 6) is -0.274. The fourth-order valence-corrected chi connectivity index (χ4v) is 2.85. The van der Waals surface area contributed by atoms with Crippen molar-refractivity contribution >= 4 is 11.8 Å². The largest absolute Gasteiger partial charge is 0.381 e. The van der Waals surface area contributed by atoms with Gasteiger partial charge in [-0.25, -0.2) is 9.48 Å². The number of H-pyrrole nitrogens is 1. The van der Waals surface area contributed by atoms with Gasteiger partial charge in [0.05, 0.1) is 6.61 Å². The number of carbonyl (C=O) groups is 2. The number of piperidine rings is 1. The van der Waals surface area contributed by atoms with E-state index in [0.29, 0.717) is 39.0 Å². The quantitative estimate of drug-likeness (QED) is 0.688. The molecule has 0 aliphatic carbocycles. The molecule has 1 aliphatic rings. The zero-order valence-electron chi connectivity index (χ0n) is 14.4. The highest BCUT2D eigenvalue weighted by Gasteiger charge is 2.31. The molecule has 24 heavy (non-hydrogen) atoms. The Morgan fingerprint density at radius 2 is 2.21 bits per heavy atom. The predicted molar refractivity (Wildman–Crippen MR) is 86.6 cm³/mol. The van der Waals surface area contributed by atoms with Crippen LogP contribution >= 0.6 is 0 Å². The Kier molecular flexibility index (Phi) is 6.13. The van der Waals surface area contributed by atoms with Crippen molar-refractivity contribution < 1.29 is 14.3 Å². The number of rotatable bonds is 6. The standard InChI is InChI=1S/C15H25N5O4/c1-4-24-8-6-12(21)16-11-5-7-20(10(2)9-11)14(22)13-17-15(23)19(3)18-13/h10-11H,4-9H2,1-3H3,(H,16,21)(H,17,18,23). The van der Waals surface area contributed by atoms with Gasteiger partial charge in [-0.05, 0) is 26.7 Å². The molecule has 1 aromatic heterocycles. The number of ether oxygens (including phenoxy) is 1. The van der Waals surface area contributed by atoms with Crippen molar-refractivity contribution in [3.8, 4) is 0 Å². The molecule has 2 unspecified atom stereocenters. The third-order valence-electron chi connectivity index (χ3n) is 4.15. The molecular weight excluding hydrogens is 314 g/mol. The summed E-state index contributed by atoms with van der Waals surface area (Å²) in [6.45, 7) is 5.34. The highest BCUT2D eigenvalue weighted by Crippen LogP contribution is 2.19. The highest BCUT2D eigenvalue weighted by molar-refractivity contribution is 5.90. The van der Waals surface area contributed by atoms with Gasteiger partial charge in [0.1, 0.15) is 0 Å². The lowest BCUT2D eigenvalue weighted by molar-refractivity contribution is -0.123. The van der Waals surface area contributed by atoms with Gasteiger partial charge < -0.3 is 15.0 Å². The van der Waals surface area contributed by atoms with Crippen LogP contribution < -0.4 is 11.0 Å². The molecule has 0 aromatic carbocycles. The first-order valence-electron chi connectivity index (χ1n) is 8.23. The van der Waals surface area contributed by atoms with E-state index in [1.165, 1.54) is 7.05 Å². The average Bonchev–Trinajstić information content (AvgIpc) is 2.86. The SMILES string of the molecule is CCOCCC(=O)NC1CCN(C(=O)c2nn(C)c(=O)[nH]2)C(C)C1. The van der Waals surface area contributed by atoms with Crippen molar-refractivity contribution in [1.82, 2.24) is 25.0 Å². The molecule has 2 amide bonds. The maximum Gasteiger partial charge on any atom is 0.343 e. The number of nitrogens with one attached hydrogen (secondary N) is 2. The van der Waals surface area contributed by atoms with Crippen LogP contribution in [0.25, 0.3) is 0 Å². The Morgan fingerprint density at radius 3 is 2.79 bits per heavy atom. The van der Waals surface area contributed by atoms with Crippen LogP contribution in [0, 0.1) is 0 Å². The summed E-state index contributed by atoms with van der Waals surface area (Å²) in [6, 6.07) is -0.00471. The van der Waals surface area contributed by atoms with Crippen molar-refractivity contribution in [1.29, 1.82) is 0 Å². The molecule has 2 N–H and O–H groups in total. The van der Waals surface area contributed by atoms with E-state index in [-0.39, 0.29) is 29.7 Å². The number of nitrogens with zero attached hydrogens (tertiary/aromatic N) is 3. The van der Waals surface area contributed by atoms with Crippen LogP contribution in [-0.2, 0) is 16.6 Å². The van der Waals surface area contributed by atoms with Gasteiger partial charge in [-0.3, -0.25) is 14.6 Å². The summed E-state index contributed by atoms with van der Waals surface area (Å²) in [5, 5.41) is 6.89. The lowest BCUT2D eigenvalue weighted by Crippen LogP contribution is -2.51. The van der Waals surface area contributed by atoms with E-state index in [0.717, 1.165) is 4.68 Å². The van der Waals surface area contributed by atoms with Gasteiger partial charge in [-0.15, -0.1) is 5.10 Å². The number of aryl methyl sites for hydroxylation is 1. The molecule has 1 saturated heterocycles. The van der Waals surface area contributed by atoms with Crippen LogP contribution in [0.15, 0.2) is 4.79 Å². The van der Waals surface area contributed by atoms with Gasteiger partial charge in [-0.1, -0.05) is 0 Å². The first-order valence-corrected chi connectivity index (χ1v) is 8.23. The number of likely N-dealkylation sites (tertiary alicyclic amines) is 1. The maximum atomic E-state index is 12.5. The topological polar surface area (TPSA) is 109 Å². The molecule has 0 radical (unpaired) electrons. The Balaban J connectivity index is 1.87. The van der Waals surface area contributed by atoms with Crippen LogP contribution in [-0.4, -0.2) is 63.3 Å². The number of amides is 2. The number of hydrogen-bond acceptors (Lipinski definition) is 5. The molecule has 2 rings (SSSR count). The van der Waals surface area contributed by atoms with Gasteiger partial charge in [0.15, 0.2) is 0 Å². The molecule has 2 atom stereocenters. The molecule has 0 spiro atoms. The fourth-order valence-electron chi connectivity index (χ4n) is 2.85. The molecule has 0 bridgehead atoms. The van der Waals surface area contributed by atoms with E-state index in [9.17, 15) is 14.4 Å². The van der Waals surface area contributed by atoms with Gasteiger partial charge in [0, 0.05) is 38.7 Å². The lowest BCUT2D eigenvalue weighted by Gasteiger charge is -2.37.